The van der Waals surface area contributed by atoms with Crippen molar-refractivity contribution >= 4 is 15.7 Å². The molecule has 13 heavy (non-hydrogen) atoms. The number of anilines is 1. The average Bonchev–Trinajstić information content (AvgIpc) is 2.00. The number of rotatable bonds is 3. The van der Waals surface area contributed by atoms with Crippen LogP contribution in [0.3, 0.4) is 0 Å². The molecule has 0 amide bonds. The molecule has 5 heteroatoms. The molecule has 0 saturated heterocycles. The first-order valence-electron chi connectivity index (χ1n) is 3.82. The van der Waals surface area contributed by atoms with E-state index in [4.69, 9.17) is 10.9 Å². The molecule has 0 aromatic heterocycles. The average molecular weight is 200 g/mol. The molecule has 72 valence electrons. The first-order chi connectivity index (χ1) is 5.97. The Bertz CT molecular complexity index is 387. The van der Waals surface area contributed by atoms with Crippen molar-refractivity contribution in [2.45, 2.75) is 6.42 Å². The molecule has 0 aliphatic rings. The summed E-state index contributed by atoms with van der Waals surface area (Å²) in [6, 6.07) is 7.10. The molecule has 0 saturated carbocycles. The summed E-state index contributed by atoms with van der Waals surface area (Å²) in [5.74, 6) is -0.0452. The number of hydrogen-bond donors (Lipinski definition) is 2. The van der Waals surface area contributed by atoms with Gasteiger partial charge in [0, 0.05) is 5.69 Å². The number of aryl methyl sites for hydroxylation is 1. The van der Waals surface area contributed by atoms with Crippen molar-refractivity contribution in [1.82, 2.24) is 0 Å². The van der Waals surface area contributed by atoms with Gasteiger partial charge < -0.3 is 5.73 Å². The standard InChI is InChI=1S/C8H12N2O2S/c9-8-3-1-2-7(6-8)4-5-13(10,11)12/h1-3,6H,4-5,9H2,(H2,10,11,12). The van der Waals surface area contributed by atoms with Gasteiger partial charge in [0.1, 0.15) is 0 Å². The molecule has 0 atom stereocenters. The predicted octanol–water partition coefficient (Wildman–Crippen LogP) is 0.0998. The van der Waals surface area contributed by atoms with E-state index in [1.165, 1.54) is 0 Å². The molecule has 0 fully saturated rings. The Morgan fingerprint density at radius 1 is 1.31 bits per heavy atom. The number of benzene rings is 1. The number of nitrogens with two attached hydrogens (primary N) is 2. The van der Waals surface area contributed by atoms with Crippen LogP contribution in [-0.4, -0.2) is 14.2 Å². The maximum atomic E-state index is 10.6. The van der Waals surface area contributed by atoms with Gasteiger partial charge in [-0.3, -0.25) is 0 Å². The predicted molar refractivity (Wildman–Crippen MR) is 52.5 cm³/mol. The van der Waals surface area contributed by atoms with Crippen molar-refractivity contribution in [3.63, 3.8) is 0 Å². The zero-order valence-corrected chi connectivity index (χ0v) is 7.92. The Hall–Kier alpha value is -1.07. The maximum Gasteiger partial charge on any atom is 0.209 e. The van der Waals surface area contributed by atoms with Gasteiger partial charge in [-0.05, 0) is 24.1 Å². The van der Waals surface area contributed by atoms with Gasteiger partial charge in [-0.25, -0.2) is 13.6 Å². The fourth-order valence-electron chi connectivity index (χ4n) is 1.01. The van der Waals surface area contributed by atoms with Gasteiger partial charge in [-0.1, -0.05) is 12.1 Å². The Labute approximate surface area is 77.6 Å². The summed E-state index contributed by atoms with van der Waals surface area (Å²) >= 11 is 0. The first-order valence-corrected chi connectivity index (χ1v) is 5.54. The smallest absolute Gasteiger partial charge is 0.209 e. The molecule has 0 aliphatic carbocycles. The van der Waals surface area contributed by atoms with Gasteiger partial charge in [-0.15, -0.1) is 0 Å². The van der Waals surface area contributed by atoms with Gasteiger partial charge in [0.15, 0.2) is 0 Å². The van der Waals surface area contributed by atoms with E-state index in [0.29, 0.717) is 12.1 Å². The van der Waals surface area contributed by atoms with Crippen LogP contribution in [0.25, 0.3) is 0 Å². The van der Waals surface area contributed by atoms with Crippen molar-refractivity contribution in [3.05, 3.63) is 29.8 Å². The third-order valence-corrected chi connectivity index (χ3v) is 2.40. The molecular weight excluding hydrogens is 188 g/mol. The minimum absolute atomic E-state index is 0.0452. The first kappa shape index (κ1) is 10.0. The number of primary sulfonamides is 1. The van der Waals surface area contributed by atoms with Crippen LogP contribution in [0.2, 0.25) is 0 Å². The van der Waals surface area contributed by atoms with Crippen molar-refractivity contribution in [1.29, 1.82) is 0 Å². The highest BCUT2D eigenvalue weighted by Gasteiger charge is 2.02. The quantitative estimate of drug-likeness (QED) is 0.678. The molecule has 0 heterocycles. The summed E-state index contributed by atoms with van der Waals surface area (Å²) in [7, 11) is -3.38. The summed E-state index contributed by atoms with van der Waals surface area (Å²) in [4.78, 5) is 0. The largest absolute Gasteiger partial charge is 0.399 e. The van der Waals surface area contributed by atoms with E-state index >= 15 is 0 Å². The Balaban J connectivity index is 2.65. The lowest BCUT2D eigenvalue weighted by molar-refractivity contribution is 0.597. The number of sulfonamides is 1. The van der Waals surface area contributed by atoms with E-state index in [9.17, 15) is 8.42 Å². The highest BCUT2D eigenvalue weighted by atomic mass is 32.2. The second kappa shape index (κ2) is 3.76. The monoisotopic (exact) mass is 200 g/mol. The molecule has 0 spiro atoms. The van der Waals surface area contributed by atoms with E-state index in [1.54, 1.807) is 18.2 Å². The molecular formula is C8H12N2O2S. The highest BCUT2D eigenvalue weighted by Crippen LogP contribution is 2.07. The van der Waals surface area contributed by atoms with E-state index < -0.39 is 10.0 Å². The normalized spacial score (nSPS) is 11.5. The zero-order chi connectivity index (χ0) is 9.90. The van der Waals surface area contributed by atoms with Crippen molar-refractivity contribution in [2.24, 2.45) is 5.14 Å². The van der Waals surface area contributed by atoms with Crippen molar-refractivity contribution < 1.29 is 8.42 Å². The lowest BCUT2D eigenvalue weighted by Crippen LogP contribution is -2.17. The van der Waals surface area contributed by atoms with Gasteiger partial charge in [0.2, 0.25) is 10.0 Å². The summed E-state index contributed by atoms with van der Waals surface area (Å²) in [5, 5.41) is 4.86. The Kier molecular flexibility index (Phi) is 2.90. The van der Waals surface area contributed by atoms with E-state index in [0.717, 1.165) is 5.56 Å². The molecule has 0 unspecified atom stereocenters. The van der Waals surface area contributed by atoms with E-state index in [2.05, 4.69) is 0 Å². The molecule has 0 radical (unpaired) electrons. The van der Waals surface area contributed by atoms with Crippen LogP contribution < -0.4 is 10.9 Å². The SMILES string of the molecule is Nc1cccc(CCS(N)(=O)=O)c1. The third kappa shape index (κ3) is 3.91. The number of hydrogen-bond acceptors (Lipinski definition) is 3. The third-order valence-electron chi connectivity index (χ3n) is 1.63. The van der Waals surface area contributed by atoms with Crippen LogP contribution in [0, 0.1) is 0 Å². The minimum Gasteiger partial charge on any atom is -0.399 e. The summed E-state index contributed by atoms with van der Waals surface area (Å²) in [6.07, 6.45) is 0.407. The second-order valence-corrected chi connectivity index (χ2v) is 4.60. The summed E-state index contributed by atoms with van der Waals surface area (Å²) in [5.41, 5.74) is 7.03. The van der Waals surface area contributed by atoms with E-state index in [-0.39, 0.29) is 5.75 Å². The molecule has 1 rings (SSSR count). The number of nitrogen functional groups attached to an aromatic ring is 1. The van der Waals surface area contributed by atoms with Gasteiger partial charge in [0.05, 0.1) is 5.75 Å². The molecule has 0 bridgehead atoms. The lowest BCUT2D eigenvalue weighted by atomic mass is 10.1. The fourth-order valence-corrected chi connectivity index (χ4v) is 1.53. The van der Waals surface area contributed by atoms with Crippen LogP contribution in [0.1, 0.15) is 5.56 Å². The van der Waals surface area contributed by atoms with Gasteiger partial charge >= 0.3 is 0 Å². The van der Waals surface area contributed by atoms with Crippen LogP contribution in [-0.2, 0) is 16.4 Å². The topological polar surface area (TPSA) is 86.2 Å². The van der Waals surface area contributed by atoms with Crippen molar-refractivity contribution in [3.8, 4) is 0 Å². The van der Waals surface area contributed by atoms with Crippen LogP contribution in [0.5, 0.6) is 0 Å². The summed E-state index contributed by atoms with van der Waals surface area (Å²) in [6.45, 7) is 0. The van der Waals surface area contributed by atoms with E-state index in [1.807, 2.05) is 6.07 Å². The summed E-state index contributed by atoms with van der Waals surface area (Å²) < 4.78 is 21.3. The Morgan fingerprint density at radius 3 is 2.54 bits per heavy atom. The second-order valence-electron chi connectivity index (χ2n) is 2.86. The maximum absolute atomic E-state index is 10.6. The molecule has 0 aliphatic heterocycles. The molecule has 1 aromatic carbocycles. The molecule has 4 nitrogen and oxygen atoms in total. The van der Waals surface area contributed by atoms with Gasteiger partial charge in [-0.2, -0.15) is 0 Å². The zero-order valence-electron chi connectivity index (χ0n) is 7.10. The van der Waals surface area contributed by atoms with Gasteiger partial charge in [0.25, 0.3) is 0 Å². The van der Waals surface area contributed by atoms with Crippen LogP contribution >= 0.6 is 0 Å². The van der Waals surface area contributed by atoms with Crippen LogP contribution in [0.4, 0.5) is 5.69 Å². The molecule has 4 N–H and O–H groups in total. The minimum atomic E-state index is -3.38. The highest BCUT2D eigenvalue weighted by molar-refractivity contribution is 7.89. The fraction of sp³-hybridized carbons (Fsp3) is 0.250. The molecule has 1 aromatic rings. The van der Waals surface area contributed by atoms with Crippen molar-refractivity contribution in [2.75, 3.05) is 11.5 Å². The Morgan fingerprint density at radius 2 is 2.00 bits per heavy atom. The van der Waals surface area contributed by atoms with Crippen LogP contribution in [0.15, 0.2) is 24.3 Å². The lowest BCUT2D eigenvalue weighted by Gasteiger charge is -2.00.